The Morgan fingerprint density at radius 1 is 1.00 bits per heavy atom. The number of likely N-dealkylation sites (tertiary alicyclic amines) is 1. The van der Waals surface area contributed by atoms with Crippen molar-refractivity contribution in [1.82, 2.24) is 9.47 Å². The fraction of sp³-hybridized carbons (Fsp3) is 0.375. The summed E-state index contributed by atoms with van der Waals surface area (Å²) in [6, 6.07) is 19.1. The monoisotopic (exact) mass is 360 g/mol. The average molecular weight is 361 g/mol. The number of hydrogen-bond acceptors (Lipinski definition) is 1. The fourth-order valence-electron chi connectivity index (χ4n) is 4.50. The van der Waals surface area contributed by atoms with Crippen LogP contribution in [0.15, 0.2) is 60.8 Å². The maximum Gasteiger partial charge on any atom is 0.223 e. The first-order valence-electron chi connectivity index (χ1n) is 10.0. The average Bonchev–Trinajstić information content (AvgIpc) is 3.35. The van der Waals surface area contributed by atoms with Crippen molar-refractivity contribution >= 4 is 16.8 Å². The highest BCUT2D eigenvalue weighted by molar-refractivity contribution is 5.86. The second-order valence-electron chi connectivity index (χ2n) is 7.81. The van der Waals surface area contributed by atoms with E-state index in [1.165, 1.54) is 22.0 Å². The van der Waals surface area contributed by atoms with Crippen LogP contribution in [0.2, 0.25) is 0 Å². The fourth-order valence-corrected chi connectivity index (χ4v) is 4.50. The lowest BCUT2D eigenvalue weighted by Crippen LogP contribution is -2.29. The van der Waals surface area contributed by atoms with Crippen LogP contribution in [0.25, 0.3) is 10.9 Å². The molecule has 1 aliphatic rings. The molecule has 2 unspecified atom stereocenters. The summed E-state index contributed by atoms with van der Waals surface area (Å²) in [5, 5.41) is 1.27. The Morgan fingerprint density at radius 3 is 2.41 bits per heavy atom. The molecule has 1 fully saturated rings. The Kier molecular flexibility index (Phi) is 5.02. The number of benzene rings is 2. The van der Waals surface area contributed by atoms with Gasteiger partial charge in [0.2, 0.25) is 5.91 Å². The normalized spacial score (nSPS) is 16.6. The molecule has 0 spiro atoms. The Morgan fingerprint density at radius 2 is 1.67 bits per heavy atom. The minimum Gasteiger partial charge on any atom is -0.350 e. The van der Waals surface area contributed by atoms with Gasteiger partial charge in [-0.3, -0.25) is 4.79 Å². The van der Waals surface area contributed by atoms with Crippen molar-refractivity contribution in [1.29, 1.82) is 0 Å². The van der Waals surface area contributed by atoms with Crippen LogP contribution >= 0.6 is 0 Å². The third kappa shape index (κ3) is 3.51. The Hall–Kier alpha value is -2.55. The van der Waals surface area contributed by atoms with E-state index in [4.69, 9.17) is 0 Å². The summed E-state index contributed by atoms with van der Waals surface area (Å²) in [7, 11) is 2.10. The molecule has 1 saturated heterocycles. The number of fused-ring (bicyclic) bond motifs is 1. The van der Waals surface area contributed by atoms with Crippen LogP contribution in [-0.4, -0.2) is 28.5 Å². The van der Waals surface area contributed by atoms with Gasteiger partial charge in [-0.15, -0.1) is 0 Å². The SMILES string of the molecule is CC(c1ccccc1)C(CC(=O)N1CCCC1)c1cn(C)c2ccccc12. The summed E-state index contributed by atoms with van der Waals surface area (Å²) >= 11 is 0. The maximum absolute atomic E-state index is 13.0. The number of carbonyl (C=O) groups is 1. The van der Waals surface area contributed by atoms with Crippen LogP contribution in [0.1, 0.15) is 49.1 Å². The van der Waals surface area contributed by atoms with Crippen LogP contribution in [0.5, 0.6) is 0 Å². The molecule has 3 aromatic rings. The van der Waals surface area contributed by atoms with Crippen LogP contribution in [0.4, 0.5) is 0 Å². The molecule has 140 valence electrons. The minimum absolute atomic E-state index is 0.173. The summed E-state index contributed by atoms with van der Waals surface area (Å²) in [6.07, 6.45) is 5.08. The summed E-state index contributed by atoms with van der Waals surface area (Å²) in [5.74, 6) is 0.753. The van der Waals surface area contributed by atoms with E-state index in [-0.39, 0.29) is 11.8 Å². The second-order valence-corrected chi connectivity index (χ2v) is 7.81. The van der Waals surface area contributed by atoms with Crippen molar-refractivity contribution in [2.45, 2.75) is 38.0 Å². The standard InChI is InChI=1S/C24H28N2O/c1-18(19-10-4-3-5-11-19)21(16-24(27)26-14-8-9-15-26)22-17-25(2)23-13-7-6-12-20(22)23/h3-7,10-13,17-18,21H,8-9,14-16H2,1-2H3. The quantitative estimate of drug-likeness (QED) is 0.623. The van der Waals surface area contributed by atoms with Gasteiger partial charge in [0.05, 0.1) is 0 Å². The zero-order chi connectivity index (χ0) is 18.8. The molecular weight excluding hydrogens is 332 g/mol. The van der Waals surface area contributed by atoms with Gasteiger partial charge >= 0.3 is 0 Å². The smallest absolute Gasteiger partial charge is 0.223 e. The van der Waals surface area contributed by atoms with E-state index in [9.17, 15) is 4.79 Å². The zero-order valence-corrected chi connectivity index (χ0v) is 16.3. The number of rotatable bonds is 5. The molecule has 0 bridgehead atoms. The molecule has 4 rings (SSSR count). The Bertz CT molecular complexity index is 922. The van der Waals surface area contributed by atoms with Gasteiger partial charge in [0.1, 0.15) is 0 Å². The molecule has 0 saturated carbocycles. The molecule has 1 amide bonds. The third-order valence-electron chi connectivity index (χ3n) is 6.11. The number of hydrogen-bond donors (Lipinski definition) is 0. The molecule has 0 N–H and O–H groups in total. The predicted molar refractivity (Wildman–Crippen MR) is 111 cm³/mol. The zero-order valence-electron chi connectivity index (χ0n) is 16.3. The molecular formula is C24H28N2O. The number of carbonyl (C=O) groups excluding carboxylic acids is 1. The second kappa shape index (κ2) is 7.59. The summed E-state index contributed by atoms with van der Waals surface area (Å²) in [5.41, 5.74) is 3.81. The topological polar surface area (TPSA) is 25.2 Å². The molecule has 2 atom stereocenters. The highest BCUT2D eigenvalue weighted by atomic mass is 16.2. The van der Waals surface area contributed by atoms with Gasteiger partial charge in [0, 0.05) is 49.6 Å². The molecule has 3 nitrogen and oxygen atoms in total. The lowest BCUT2D eigenvalue weighted by atomic mass is 9.80. The van der Waals surface area contributed by atoms with Gasteiger partial charge < -0.3 is 9.47 Å². The van der Waals surface area contributed by atoms with Gasteiger partial charge in [0.15, 0.2) is 0 Å². The van der Waals surface area contributed by atoms with Gasteiger partial charge in [-0.1, -0.05) is 55.5 Å². The number of aromatic nitrogens is 1. The van der Waals surface area contributed by atoms with E-state index < -0.39 is 0 Å². The molecule has 3 heteroatoms. The van der Waals surface area contributed by atoms with Crippen LogP contribution in [0.3, 0.4) is 0 Å². The summed E-state index contributed by atoms with van der Waals surface area (Å²) in [4.78, 5) is 15.1. The number of aryl methyl sites for hydroxylation is 1. The van der Waals surface area contributed by atoms with Gasteiger partial charge in [-0.25, -0.2) is 0 Å². The van der Waals surface area contributed by atoms with Crippen molar-refractivity contribution in [2.75, 3.05) is 13.1 Å². The molecule has 1 aliphatic heterocycles. The highest BCUT2D eigenvalue weighted by Gasteiger charge is 2.29. The lowest BCUT2D eigenvalue weighted by molar-refractivity contribution is -0.130. The molecule has 1 aromatic heterocycles. The van der Waals surface area contributed by atoms with Gasteiger partial charge in [-0.05, 0) is 36.0 Å². The van der Waals surface area contributed by atoms with E-state index >= 15 is 0 Å². The van der Waals surface area contributed by atoms with E-state index in [2.05, 4.69) is 84.2 Å². The van der Waals surface area contributed by atoms with Crippen LogP contribution in [0, 0.1) is 0 Å². The van der Waals surface area contributed by atoms with E-state index in [1.807, 2.05) is 0 Å². The maximum atomic E-state index is 13.0. The van der Waals surface area contributed by atoms with Gasteiger partial charge in [0.25, 0.3) is 0 Å². The third-order valence-corrected chi connectivity index (χ3v) is 6.11. The van der Waals surface area contributed by atoms with Crippen LogP contribution in [-0.2, 0) is 11.8 Å². The summed E-state index contributed by atoms with van der Waals surface area (Å²) < 4.78 is 2.19. The van der Waals surface area contributed by atoms with Gasteiger partial charge in [-0.2, -0.15) is 0 Å². The van der Waals surface area contributed by atoms with Crippen molar-refractivity contribution in [2.24, 2.45) is 7.05 Å². The molecule has 0 aliphatic carbocycles. The molecule has 27 heavy (non-hydrogen) atoms. The van der Waals surface area contributed by atoms with Crippen molar-refractivity contribution in [3.05, 3.63) is 71.9 Å². The minimum atomic E-state index is 0.173. The first kappa shape index (κ1) is 17.8. The predicted octanol–water partition coefficient (Wildman–Crippen LogP) is 5.08. The number of amides is 1. The largest absolute Gasteiger partial charge is 0.350 e. The molecule has 0 radical (unpaired) electrons. The van der Waals surface area contributed by atoms with Crippen molar-refractivity contribution in [3.8, 4) is 0 Å². The molecule has 2 aromatic carbocycles. The lowest BCUT2D eigenvalue weighted by Gasteiger charge is -2.26. The number of para-hydroxylation sites is 1. The first-order chi connectivity index (χ1) is 13.1. The first-order valence-corrected chi connectivity index (χ1v) is 10.0. The van der Waals surface area contributed by atoms with E-state index in [0.717, 1.165) is 25.9 Å². The van der Waals surface area contributed by atoms with Crippen LogP contribution < -0.4 is 0 Å². The Labute approximate surface area is 161 Å². The van der Waals surface area contributed by atoms with E-state index in [0.29, 0.717) is 12.3 Å². The van der Waals surface area contributed by atoms with E-state index in [1.54, 1.807) is 0 Å². The molecule has 2 heterocycles. The number of nitrogens with zero attached hydrogens (tertiary/aromatic N) is 2. The van der Waals surface area contributed by atoms with Crippen molar-refractivity contribution in [3.63, 3.8) is 0 Å². The highest BCUT2D eigenvalue weighted by Crippen LogP contribution is 2.40. The Balaban J connectivity index is 1.74. The van der Waals surface area contributed by atoms with Crippen molar-refractivity contribution < 1.29 is 4.79 Å². The summed E-state index contributed by atoms with van der Waals surface area (Å²) in [6.45, 7) is 4.10.